The molecule has 134 valence electrons. The zero-order valence-electron chi connectivity index (χ0n) is 14.7. The van der Waals surface area contributed by atoms with E-state index in [4.69, 9.17) is 0 Å². The number of esters is 1. The molecule has 5 heteroatoms. The Bertz CT molecular complexity index is 902. The van der Waals surface area contributed by atoms with E-state index in [-0.39, 0.29) is 11.8 Å². The molecule has 0 saturated carbocycles. The van der Waals surface area contributed by atoms with Gasteiger partial charge in [-0.1, -0.05) is 36.4 Å². The van der Waals surface area contributed by atoms with Crippen LogP contribution in [0, 0.1) is 0 Å². The van der Waals surface area contributed by atoms with Crippen LogP contribution in [-0.2, 0) is 20.7 Å². The van der Waals surface area contributed by atoms with E-state index in [0.29, 0.717) is 32.1 Å². The van der Waals surface area contributed by atoms with Crippen LogP contribution >= 0.6 is 11.3 Å². The summed E-state index contributed by atoms with van der Waals surface area (Å²) in [6, 6.07) is 16.4. The minimum Gasteiger partial charge on any atom is -0.469 e. The average molecular weight is 367 g/mol. The SMILES string of the molecule is COC(=O)CCCCC(=O)Cc1nc2ccc(-c3ccccc3)cc2s1. The van der Waals surface area contributed by atoms with Crippen molar-refractivity contribution in [3.05, 3.63) is 53.5 Å². The minimum atomic E-state index is -0.224. The predicted octanol–water partition coefficient (Wildman–Crippen LogP) is 4.81. The number of ketones is 1. The highest BCUT2D eigenvalue weighted by Gasteiger charge is 2.10. The molecule has 1 heterocycles. The number of hydrogen-bond acceptors (Lipinski definition) is 5. The maximum atomic E-state index is 12.1. The average Bonchev–Trinajstić information content (AvgIpc) is 3.06. The highest BCUT2D eigenvalue weighted by molar-refractivity contribution is 7.18. The number of benzene rings is 2. The van der Waals surface area contributed by atoms with Crippen molar-refractivity contribution in [3.8, 4) is 11.1 Å². The first-order valence-electron chi connectivity index (χ1n) is 8.69. The van der Waals surface area contributed by atoms with Crippen molar-refractivity contribution in [2.75, 3.05) is 7.11 Å². The lowest BCUT2D eigenvalue weighted by molar-refractivity contribution is -0.140. The molecule has 0 amide bonds. The fourth-order valence-corrected chi connectivity index (χ4v) is 3.84. The lowest BCUT2D eigenvalue weighted by Gasteiger charge is -2.00. The second-order valence-electron chi connectivity index (χ2n) is 6.15. The minimum absolute atomic E-state index is 0.164. The Kier molecular flexibility index (Phi) is 6.12. The molecule has 0 saturated heterocycles. The number of aromatic nitrogens is 1. The summed E-state index contributed by atoms with van der Waals surface area (Å²) in [5, 5.41) is 0.850. The highest BCUT2D eigenvalue weighted by Crippen LogP contribution is 2.28. The molecule has 3 rings (SSSR count). The summed E-state index contributed by atoms with van der Waals surface area (Å²) in [4.78, 5) is 27.8. The van der Waals surface area contributed by atoms with Crippen LogP contribution in [0.1, 0.15) is 30.7 Å². The van der Waals surface area contributed by atoms with Crippen molar-refractivity contribution in [2.24, 2.45) is 0 Å². The molecule has 0 aliphatic rings. The standard InChI is InChI=1S/C21H21NO3S/c1-25-21(24)10-6-5-9-17(23)14-20-22-18-12-11-16(13-19(18)26-20)15-7-3-2-4-8-15/h2-4,7-8,11-13H,5-6,9-10,14H2,1H3. The fraction of sp³-hybridized carbons (Fsp3) is 0.286. The molecule has 3 aromatic rings. The van der Waals surface area contributed by atoms with Gasteiger partial charge in [0.15, 0.2) is 0 Å². The highest BCUT2D eigenvalue weighted by atomic mass is 32.1. The van der Waals surface area contributed by atoms with Gasteiger partial charge in [-0.05, 0) is 36.1 Å². The fourth-order valence-electron chi connectivity index (χ4n) is 2.81. The Morgan fingerprint density at radius 3 is 2.54 bits per heavy atom. The summed E-state index contributed by atoms with van der Waals surface area (Å²) < 4.78 is 5.69. The predicted molar refractivity (Wildman–Crippen MR) is 104 cm³/mol. The van der Waals surface area contributed by atoms with Crippen LogP contribution in [0.15, 0.2) is 48.5 Å². The number of fused-ring (bicyclic) bond motifs is 1. The van der Waals surface area contributed by atoms with Gasteiger partial charge in [0.1, 0.15) is 10.8 Å². The topological polar surface area (TPSA) is 56.3 Å². The monoisotopic (exact) mass is 367 g/mol. The van der Waals surface area contributed by atoms with E-state index in [1.165, 1.54) is 12.7 Å². The van der Waals surface area contributed by atoms with Gasteiger partial charge in [-0.15, -0.1) is 11.3 Å². The van der Waals surface area contributed by atoms with Gasteiger partial charge in [0.2, 0.25) is 0 Å². The first-order chi connectivity index (χ1) is 12.7. The van der Waals surface area contributed by atoms with Crippen LogP contribution in [0.25, 0.3) is 21.3 Å². The Morgan fingerprint density at radius 1 is 1.00 bits per heavy atom. The van der Waals surface area contributed by atoms with Gasteiger partial charge in [-0.25, -0.2) is 4.98 Å². The summed E-state index contributed by atoms with van der Waals surface area (Å²) >= 11 is 1.58. The van der Waals surface area contributed by atoms with Crippen molar-refractivity contribution in [2.45, 2.75) is 32.1 Å². The molecule has 0 spiro atoms. The molecule has 26 heavy (non-hydrogen) atoms. The maximum Gasteiger partial charge on any atom is 0.305 e. The zero-order chi connectivity index (χ0) is 18.4. The number of thiazole rings is 1. The Balaban J connectivity index is 1.60. The van der Waals surface area contributed by atoms with Gasteiger partial charge in [-0.2, -0.15) is 0 Å². The van der Waals surface area contributed by atoms with Crippen LogP contribution in [0.3, 0.4) is 0 Å². The van der Waals surface area contributed by atoms with Gasteiger partial charge in [0.25, 0.3) is 0 Å². The van der Waals surface area contributed by atoms with E-state index in [1.807, 2.05) is 24.3 Å². The van der Waals surface area contributed by atoms with Gasteiger partial charge in [0, 0.05) is 12.8 Å². The van der Waals surface area contributed by atoms with Crippen LogP contribution < -0.4 is 0 Å². The lowest BCUT2D eigenvalue weighted by Crippen LogP contribution is -2.04. The molecular formula is C21H21NO3S. The second-order valence-corrected chi connectivity index (χ2v) is 7.27. The van der Waals surface area contributed by atoms with Crippen LogP contribution in [0.2, 0.25) is 0 Å². The van der Waals surface area contributed by atoms with Gasteiger partial charge in [0.05, 0.1) is 23.7 Å². The third-order valence-corrected chi connectivity index (χ3v) is 5.22. The lowest BCUT2D eigenvalue weighted by atomic mass is 10.1. The largest absolute Gasteiger partial charge is 0.469 e. The second kappa shape index (κ2) is 8.72. The number of nitrogens with zero attached hydrogens (tertiary/aromatic N) is 1. The molecular weight excluding hydrogens is 346 g/mol. The van der Waals surface area contributed by atoms with E-state index in [1.54, 1.807) is 11.3 Å². The van der Waals surface area contributed by atoms with Gasteiger partial charge < -0.3 is 4.74 Å². The van der Waals surface area contributed by atoms with Gasteiger partial charge in [-0.3, -0.25) is 9.59 Å². The van der Waals surface area contributed by atoms with E-state index >= 15 is 0 Å². The molecule has 0 radical (unpaired) electrons. The van der Waals surface area contributed by atoms with Crippen molar-refractivity contribution in [1.82, 2.24) is 4.98 Å². The van der Waals surface area contributed by atoms with Crippen molar-refractivity contribution in [1.29, 1.82) is 0 Å². The number of carbonyl (C=O) groups is 2. The zero-order valence-corrected chi connectivity index (χ0v) is 15.6. The van der Waals surface area contributed by atoms with Crippen LogP contribution in [0.5, 0.6) is 0 Å². The van der Waals surface area contributed by atoms with Crippen molar-refractivity contribution < 1.29 is 14.3 Å². The molecule has 2 aromatic carbocycles. The normalized spacial score (nSPS) is 10.8. The number of unbranched alkanes of at least 4 members (excludes halogenated alkanes) is 1. The molecule has 0 atom stereocenters. The maximum absolute atomic E-state index is 12.1. The third kappa shape index (κ3) is 4.76. The summed E-state index contributed by atoms with van der Waals surface area (Å²) in [5.74, 6) is -0.0601. The molecule has 4 nitrogen and oxygen atoms in total. The van der Waals surface area contributed by atoms with Gasteiger partial charge >= 0.3 is 5.97 Å². The molecule has 0 unspecified atom stereocenters. The number of methoxy groups -OCH3 is 1. The molecule has 0 aliphatic heterocycles. The summed E-state index contributed by atoms with van der Waals surface area (Å²) in [6.45, 7) is 0. The number of ether oxygens (including phenoxy) is 1. The number of carbonyl (C=O) groups excluding carboxylic acids is 2. The Hall–Kier alpha value is -2.53. The number of hydrogen-bond donors (Lipinski definition) is 0. The first kappa shape index (κ1) is 18.3. The number of rotatable bonds is 8. The number of Topliss-reactive ketones (excluding diaryl/α,β-unsaturated/α-hetero) is 1. The first-order valence-corrected chi connectivity index (χ1v) is 9.51. The van der Waals surface area contributed by atoms with Crippen LogP contribution in [0.4, 0.5) is 0 Å². The molecule has 0 fully saturated rings. The summed E-state index contributed by atoms with van der Waals surface area (Å²) in [6.07, 6.45) is 2.59. The summed E-state index contributed by atoms with van der Waals surface area (Å²) in [5.41, 5.74) is 3.26. The van der Waals surface area contributed by atoms with E-state index in [0.717, 1.165) is 20.8 Å². The third-order valence-electron chi connectivity index (χ3n) is 4.20. The summed E-state index contributed by atoms with van der Waals surface area (Å²) in [7, 11) is 1.38. The van der Waals surface area contributed by atoms with Crippen molar-refractivity contribution in [3.63, 3.8) is 0 Å². The van der Waals surface area contributed by atoms with Crippen molar-refractivity contribution >= 4 is 33.3 Å². The molecule has 0 N–H and O–H groups in total. The molecule has 0 bridgehead atoms. The van der Waals surface area contributed by atoms with E-state index in [9.17, 15) is 9.59 Å². The molecule has 0 aliphatic carbocycles. The molecule has 1 aromatic heterocycles. The Morgan fingerprint density at radius 2 is 1.77 bits per heavy atom. The van der Waals surface area contributed by atoms with Crippen LogP contribution in [-0.4, -0.2) is 23.8 Å². The van der Waals surface area contributed by atoms with E-state index < -0.39 is 0 Å². The quantitative estimate of drug-likeness (QED) is 0.423. The smallest absolute Gasteiger partial charge is 0.305 e. The van der Waals surface area contributed by atoms with E-state index in [2.05, 4.69) is 34.0 Å². The Labute approximate surface area is 156 Å².